The first-order chi connectivity index (χ1) is 26.7. The second kappa shape index (κ2) is 14.6. The Bertz CT molecular complexity index is 2350. The van der Waals surface area contributed by atoms with Crippen LogP contribution in [0.15, 0.2) is 183 Å². The van der Waals surface area contributed by atoms with Gasteiger partial charge >= 0.3 is 0 Å². The maximum absolute atomic E-state index is 4.90. The fourth-order valence-electron chi connectivity index (χ4n) is 6.26. The summed E-state index contributed by atoms with van der Waals surface area (Å²) in [6, 6.07) is 48.9. The molecular formula is C46H30N8. The third kappa shape index (κ3) is 6.87. The third-order valence-corrected chi connectivity index (χ3v) is 9.07. The smallest absolute Gasteiger partial charge is 0.179 e. The van der Waals surface area contributed by atoms with Crippen LogP contribution in [0.5, 0.6) is 0 Å². The van der Waals surface area contributed by atoms with E-state index in [0.29, 0.717) is 11.6 Å². The SMILES string of the molecule is c1ccc(-c2nc(-c3ccc(-c4ccc(-c5ccc(-c6cc(-c7cccnc7)nc(-c7ccccn7)n6)cc5)cc4)cc3)cc(-c3cccnc3)n2)nc1. The minimum atomic E-state index is 0.570. The van der Waals surface area contributed by atoms with Gasteiger partial charge in [-0.25, -0.2) is 19.9 Å². The normalized spacial score (nSPS) is 11.0. The standard InChI is InChI=1S/C46H30N8/c1-3-25-49-39(9-1)45-51-41(27-43(53-45)37-7-5-23-47-29-37)35-19-15-33(16-20-35)31-11-13-32(14-12-31)34-17-21-36(22-18-34)42-28-44(38-8-6-24-48-30-38)54-46(52-42)40-10-2-4-26-50-40/h1-30H. The highest BCUT2D eigenvalue weighted by Gasteiger charge is 2.14. The Labute approximate surface area is 312 Å². The van der Waals surface area contributed by atoms with Crippen LogP contribution in [0.3, 0.4) is 0 Å². The Morgan fingerprint density at radius 3 is 0.926 bits per heavy atom. The molecule has 0 saturated carbocycles. The molecular weight excluding hydrogens is 665 g/mol. The van der Waals surface area contributed by atoms with Crippen molar-refractivity contribution < 1.29 is 0 Å². The van der Waals surface area contributed by atoms with Gasteiger partial charge in [-0.1, -0.05) is 84.9 Å². The summed E-state index contributed by atoms with van der Waals surface area (Å²) in [5, 5.41) is 0. The summed E-state index contributed by atoms with van der Waals surface area (Å²) >= 11 is 0. The Morgan fingerprint density at radius 1 is 0.259 bits per heavy atom. The number of benzene rings is 3. The zero-order valence-corrected chi connectivity index (χ0v) is 28.9. The predicted molar refractivity (Wildman–Crippen MR) is 212 cm³/mol. The molecule has 8 heteroatoms. The van der Waals surface area contributed by atoms with Gasteiger partial charge in [0.25, 0.3) is 0 Å². The highest BCUT2D eigenvalue weighted by Crippen LogP contribution is 2.32. The molecule has 0 atom stereocenters. The molecule has 9 aromatic rings. The van der Waals surface area contributed by atoms with Crippen LogP contribution in [-0.4, -0.2) is 39.9 Å². The molecule has 0 radical (unpaired) electrons. The molecule has 0 bridgehead atoms. The largest absolute Gasteiger partial charge is 0.264 e. The summed E-state index contributed by atoms with van der Waals surface area (Å²) in [5.74, 6) is 1.14. The van der Waals surface area contributed by atoms with E-state index in [1.165, 1.54) is 0 Å². The maximum atomic E-state index is 4.90. The van der Waals surface area contributed by atoms with E-state index in [9.17, 15) is 0 Å². The van der Waals surface area contributed by atoms with Crippen molar-refractivity contribution in [2.24, 2.45) is 0 Å². The van der Waals surface area contributed by atoms with Crippen LogP contribution in [0.2, 0.25) is 0 Å². The van der Waals surface area contributed by atoms with E-state index in [2.05, 4.69) is 92.7 Å². The molecule has 0 fully saturated rings. The maximum Gasteiger partial charge on any atom is 0.179 e. The van der Waals surface area contributed by atoms with Gasteiger partial charge in [-0.2, -0.15) is 0 Å². The summed E-state index contributed by atoms with van der Waals surface area (Å²) in [7, 11) is 0. The van der Waals surface area contributed by atoms with Gasteiger partial charge < -0.3 is 0 Å². The van der Waals surface area contributed by atoms with Crippen LogP contribution in [0.1, 0.15) is 0 Å². The number of aromatic nitrogens is 8. The zero-order valence-electron chi connectivity index (χ0n) is 28.9. The lowest BCUT2D eigenvalue weighted by atomic mass is 9.98. The molecule has 9 rings (SSSR count). The van der Waals surface area contributed by atoms with Crippen molar-refractivity contribution in [3.63, 3.8) is 0 Å². The van der Waals surface area contributed by atoms with E-state index in [4.69, 9.17) is 19.9 Å². The predicted octanol–water partition coefficient (Wildman–Crippen LogP) is 10.2. The molecule has 0 amide bonds. The van der Waals surface area contributed by atoms with Crippen LogP contribution in [0.4, 0.5) is 0 Å². The summed E-state index contributed by atoms with van der Waals surface area (Å²) in [5.41, 5.74) is 13.0. The number of rotatable bonds is 8. The first-order valence-electron chi connectivity index (χ1n) is 17.5. The number of hydrogen-bond donors (Lipinski definition) is 0. The Morgan fingerprint density at radius 2 is 0.611 bits per heavy atom. The molecule has 0 aliphatic heterocycles. The molecule has 3 aromatic carbocycles. The molecule has 8 nitrogen and oxygen atoms in total. The van der Waals surface area contributed by atoms with Gasteiger partial charge in [0, 0.05) is 59.4 Å². The number of pyridine rings is 4. The lowest BCUT2D eigenvalue weighted by molar-refractivity contribution is 1.14. The van der Waals surface area contributed by atoms with Crippen LogP contribution in [-0.2, 0) is 0 Å². The zero-order chi connectivity index (χ0) is 36.1. The molecule has 0 saturated heterocycles. The first kappa shape index (κ1) is 32.3. The van der Waals surface area contributed by atoms with Gasteiger partial charge in [0.15, 0.2) is 11.6 Å². The summed E-state index contributed by atoms with van der Waals surface area (Å²) in [4.78, 5) is 37.0. The molecule has 0 aliphatic rings. The monoisotopic (exact) mass is 694 g/mol. The van der Waals surface area contributed by atoms with Crippen molar-refractivity contribution in [2.45, 2.75) is 0 Å². The minimum Gasteiger partial charge on any atom is -0.264 e. The van der Waals surface area contributed by atoms with Gasteiger partial charge in [0.1, 0.15) is 11.4 Å². The Kier molecular flexibility index (Phi) is 8.73. The van der Waals surface area contributed by atoms with Crippen molar-refractivity contribution in [2.75, 3.05) is 0 Å². The van der Waals surface area contributed by atoms with Crippen molar-refractivity contribution in [1.82, 2.24) is 39.9 Å². The van der Waals surface area contributed by atoms with E-state index in [-0.39, 0.29) is 0 Å². The Balaban J connectivity index is 0.968. The van der Waals surface area contributed by atoms with Crippen LogP contribution in [0.25, 0.3) is 90.3 Å². The quantitative estimate of drug-likeness (QED) is 0.155. The molecule has 6 aromatic heterocycles. The van der Waals surface area contributed by atoms with Crippen molar-refractivity contribution in [1.29, 1.82) is 0 Å². The molecule has 0 unspecified atom stereocenters. The van der Waals surface area contributed by atoms with Crippen LogP contribution in [0, 0.1) is 0 Å². The summed E-state index contributed by atoms with van der Waals surface area (Å²) < 4.78 is 0. The minimum absolute atomic E-state index is 0.570. The van der Waals surface area contributed by atoms with Gasteiger partial charge in [0.05, 0.1) is 22.8 Å². The van der Waals surface area contributed by atoms with Crippen molar-refractivity contribution in [3.8, 4) is 90.3 Å². The number of nitrogens with zero attached hydrogens (tertiary/aromatic N) is 8. The molecule has 0 N–H and O–H groups in total. The average Bonchev–Trinajstić information content (AvgIpc) is 3.27. The van der Waals surface area contributed by atoms with E-state index in [1.54, 1.807) is 24.8 Å². The highest BCUT2D eigenvalue weighted by atomic mass is 14.9. The fraction of sp³-hybridized carbons (Fsp3) is 0. The molecule has 0 spiro atoms. The third-order valence-electron chi connectivity index (χ3n) is 9.07. The topological polar surface area (TPSA) is 103 Å². The lowest BCUT2D eigenvalue weighted by Gasteiger charge is -2.10. The second-order valence-corrected chi connectivity index (χ2v) is 12.6. The fourth-order valence-corrected chi connectivity index (χ4v) is 6.26. The van der Waals surface area contributed by atoms with Gasteiger partial charge in [-0.05, 0) is 82.9 Å². The van der Waals surface area contributed by atoms with E-state index in [1.807, 2.05) is 85.2 Å². The molecule has 54 heavy (non-hydrogen) atoms. The summed E-state index contributed by atoms with van der Waals surface area (Å²) in [6.45, 7) is 0. The van der Waals surface area contributed by atoms with E-state index in [0.717, 1.165) is 78.7 Å². The highest BCUT2D eigenvalue weighted by molar-refractivity contribution is 5.77. The van der Waals surface area contributed by atoms with Gasteiger partial charge in [-0.15, -0.1) is 0 Å². The van der Waals surface area contributed by atoms with Gasteiger partial charge in [0.2, 0.25) is 0 Å². The number of hydrogen-bond acceptors (Lipinski definition) is 8. The average molecular weight is 695 g/mol. The van der Waals surface area contributed by atoms with E-state index < -0.39 is 0 Å². The van der Waals surface area contributed by atoms with E-state index >= 15 is 0 Å². The second-order valence-electron chi connectivity index (χ2n) is 12.6. The lowest BCUT2D eigenvalue weighted by Crippen LogP contribution is -1.97. The Hall–Kier alpha value is -7.58. The van der Waals surface area contributed by atoms with Crippen LogP contribution >= 0.6 is 0 Å². The summed E-state index contributed by atoms with van der Waals surface area (Å²) in [6.07, 6.45) is 10.6. The first-order valence-corrected chi connectivity index (χ1v) is 17.5. The molecule has 6 heterocycles. The van der Waals surface area contributed by atoms with Crippen molar-refractivity contribution in [3.05, 3.63) is 183 Å². The molecule has 0 aliphatic carbocycles. The molecule has 254 valence electrons. The van der Waals surface area contributed by atoms with Gasteiger partial charge in [-0.3, -0.25) is 19.9 Å². The van der Waals surface area contributed by atoms with Crippen LogP contribution < -0.4 is 0 Å². The van der Waals surface area contributed by atoms with Crippen molar-refractivity contribution >= 4 is 0 Å².